The van der Waals surface area contributed by atoms with Crippen LogP contribution in [0.1, 0.15) is 28.8 Å². The van der Waals surface area contributed by atoms with E-state index in [-0.39, 0.29) is 22.4 Å². The first-order chi connectivity index (χ1) is 15.0. The molecule has 156 valence electrons. The number of nitrogens with one attached hydrogen (secondary N) is 2. The Morgan fingerprint density at radius 3 is 2.84 bits per heavy atom. The highest BCUT2D eigenvalue weighted by Crippen LogP contribution is 2.34. The lowest BCUT2D eigenvalue weighted by Gasteiger charge is -2.26. The van der Waals surface area contributed by atoms with Gasteiger partial charge >= 0.3 is 0 Å². The summed E-state index contributed by atoms with van der Waals surface area (Å²) >= 11 is 0. The summed E-state index contributed by atoms with van der Waals surface area (Å²) in [7, 11) is 0. The van der Waals surface area contributed by atoms with E-state index in [4.69, 9.17) is 10.8 Å². The molecule has 4 heterocycles. The van der Waals surface area contributed by atoms with Crippen LogP contribution in [0.15, 0.2) is 76.4 Å². The Morgan fingerprint density at radius 1 is 1.26 bits per heavy atom. The van der Waals surface area contributed by atoms with E-state index in [1.165, 1.54) is 12.3 Å². The highest BCUT2D eigenvalue weighted by Gasteiger charge is 2.46. The zero-order valence-electron chi connectivity index (χ0n) is 16.6. The van der Waals surface area contributed by atoms with Crippen LogP contribution in [0.2, 0.25) is 0 Å². The Hall–Kier alpha value is -3.53. The molecule has 2 aromatic rings. The molecule has 1 aromatic heterocycles. The molecular formula is C22H21FN7O+. The summed E-state index contributed by atoms with van der Waals surface area (Å²) in [6.07, 6.45) is 8.62. The molecule has 1 saturated heterocycles. The van der Waals surface area contributed by atoms with E-state index in [1.54, 1.807) is 30.7 Å². The minimum atomic E-state index is -0.467. The van der Waals surface area contributed by atoms with Crippen LogP contribution < -0.4 is 16.5 Å². The number of nitrogens with two attached hydrogens (primary N) is 1. The molecule has 2 unspecified atom stereocenters. The van der Waals surface area contributed by atoms with Gasteiger partial charge in [0.1, 0.15) is 23.5 Å². The molecule has 3 aliphatic rings. The van der Waals surface area contributed by atoms with Gasteiger partial charge in [-0.25, -0.2) is 9.37 Å². The molecule has 1 aromatic carbocycles. The number of aliphatic imine (C=N–C) groups is 2. The molecular weight excluding hydrogens is 397 g/mol. The van der Waals surface area contributed by atoms with Crippen molar-refractivity contribution in [2.24, 2.45) is 15.8 Å². The van der Waals surface area contributed by atoms with Gasteiger partial charge in [-0.3, -0.25) is 9.79 Å². The van der Waals surface area contributed by atoms with Crippen molar-refractivity contribution in [1.82, 2.24) is 10.3 Å². The Labute approximate surface area is 178 Å². The van der Waals surface area contributed by atoms with Crippen molar-refractivity contribution in [3.05, 3.63) is 83.3 Å². The Bertz CT molecular complexity index is 1160. The van der Waals surface area contributed by atoms with Crippen molar-refractivity contribution >= 4 is 23.8 Å². The van der Waals surface area contributed by atoms with Crippen molar-refractivity contribution in [3.8, 4) is 0 Å². The van der Waals surface area contributed by atoms with Gasteiger partial charge in [0.15, 0.2) is 0 Å². The van der Waals surface area contributed by atoms with Crippen LogP contribution in [0, 0.1) is 5.82 Å². The maximum atomic E-state index is 13.3. The fourth-order valence-electron chi connectivity index (χ4n) is 4.01. The van der Waals surface area contributed by atoms with E-state index in [1.807, 2.05) is 12.1 Å². The predicted octanol–water partition coefficient (Wildman–Crippen LogP) is 2.44. The van der Waals surface area contributed by atoms with Gasteiger partial charge in [-0.1, -0.05) is 0 Å². The van der Waals surface area contributed by atoms with E-state index >= 15 is 0 Å². The Kier molecular flexibility index (Phi) is 4.78. The lowest BCUT2D eigenvalue weighted by molar-refractivity contribution is -0.750. The number of hydrogen-bond acceptors (Lipinski definition) is 6. The highest BCUT2D eigenvalue weighted by atomic mass is 19.1. The maximum Gasteiger partial charge on any atom is 0.264 e. The summed E-state index contributed by atoms with van der Waals surface area (Å²) in [6.45, 7) is 0.952. The Balaban J connectivity index is 1.41. The number of aromatic nitrogens is 1. The quantitative estimate of drug-likeness (QED) is 0.524. The van der Waals surface area contributed by atoms with Gasteiger partial charge in [0.2, 0.25) is 5.70 Å². The predicted molar refractivity (Wildman–Crippen MR) is 115 cm³/mol. The fourth-order valence-corrected chi connectivity index (χ4v) is 4.01. The number of anilines is 1. The van der Waals surface area contributed by atoms with Crippen LogP contribution in [0.4, 0.5) is 10.2 Å². The van der Waals surface area contributed by atoms with Gasteiger partial charge in [-0.15, -0.1) is 4.59 Å². The molecule has 31 heavy (non-hydrogen) atoms. The molecule has 0 saturated carbocycles. The number of rotatable bonds is 4. The van der Waals surface area contributed by atoms with E-state index in [9.17, 15) is 9.18 Å². The smallest absolute Gasteiger partial charge is 0.264 e. The largest absolute Gasteiger partial charge is 0.308 e. The zero-order chi connectivity index (χ0) is 21.4. The summed E-state index contributed by atoms with van der Waals surface area (Å²) in [5.41, 5.74) is 2.96. The number of nitrogens with zero attached hydrogens (tertiary/aromatic N) is 4. The third-order valence-electron chi connectivity index (χ3n) is 5.58. The summed E-state index contributed by atoms with van der Waals surface area (Å²) in [6, 6.07) is 9.52. The van der Waals surface area contributed by atoms with Crippen molar-refractivity contribution in [2.45, 2.75) is 18.9 Å². The number of amidine groups is 1. The number of amides is 1. The number of carbonyl (C=O) groups is 1. The van der Waals surface area contributed by atoms with Crippen molar-refractivity contribution in [1.29, 1.82) is 0 Å². The summed E-state index contributed by atoms with van der Waals surface area (Å²) < 4.78 is 13.3. The van der Waals surface area contributed by atoms with Crippen molar-refractivity contribution in [2.75, 3.05) is 11.9 Å². The summed E-state index contributed by atoms with van der Waals surface area (Å²) in [4.78, 5) is 25.6. The van der Waals surface area contributed by atoms with Crippen LogP contribution in [0.5, 0.6) is 0 Å². The highest BCUT2D eigenvalue weighted by molar-refractivity contribution is 6.05. The molecule has 1 amide bonds. The number of fused-ring (bicyclic) bond motifs is 1. The van der Waals surface area contributed by atoms with Crippen molar-refractivity contribution < 1.29 is 13.8 Å². The van der Waals surface area contributed by atoms with Gasteiger partial charge in [0.05, 0.1) is 24.0 Å². The second-order valence-electron chi connectivity index (χ2n) is 7.60. The number of allylic oxidation sites excluding steroid dienone is 1. The molecule has 1 fully saturated rings. The minimum Gasteiger partial charge on any atom is -0.308 e. The van der Waals surface area contributed by atoms with Gasteiger partial charge in [0, 0.05) is 17.8 Å². The second-order valence-corrected chi connectivity index (χ2v) is 7.60. The summed E-state index contributed by atoms with van der Waals surface area (Å²) in [5, 5.41) is 6.06. The number of pyridine rings is 1. The fraction of sp³-hybridized carbons (Fsp3) is 0.182. The number of hydrogen-bond donors (Lipinski definition) is 3. The second kappa shape index (κ2) is 7.62. The van der Waals surface area contributed by atoms with Crippen LogP contribution in [0.3, 0.4) is 0 Å². The molecule has 0 aliphatic carbocycles. The van der Waals surface area contributed by atoms with Crippen LogP contribution >= 0.6 is 0 Å². The number of quaternary nitrogens is 1. The molecule has 9 heteroatoms. The average molecular weight is 418 g/mol. The first-order valence-corrected chi connectivity index (χ1v) is 10.0. The van der Waals surface area contributed by atoms with E-state index in [2.05, 4.69) is 20.6 Å². The number of carbonyl (C=O) groups excluding carboxylic acids is 1. The lowest BCUT2D eigenvalue weighted by Crippen LogP contribution is -2.53. The molecule has 0 spiro atoms. The molecule has 8 nitrogen and oxygen atoms in total. The van der Waals surface area contributed by atoms with Gasteiger partial charge < -0.3 is 10.6 Å². The lowest BCUT2D eigenvalue weighted by atomic mass is 10.1. The SMILES string of the molecule is N[N+]12C=CN=CC1=C(C1CCCN1)N=C2c1ccc(C(=O)Nc2cc(F)ccn2)cc1. The van der Waals surface area contributed by atoms with Crippen LogP contribution in [0.25, 0.3) is 0 Å². The topological polar surface area (TPSA) is 105 Å². The first-order valence-electron chi connectivity index (χ1n) is 10.0. The zero-order valence-corrected chi connectivity index (χ0v) is 16.6. The third-order valence-corrected chi connectivity index (χ3v) is 5.58. The normalized spacial score (nSPS) is 24.3. The minimum absolute atomic E-state index is 0.0598. The van der Waals surface area contributed by atoms with E-state index in [0.717, 1.165) is 42.4 Å². The molecule has 0 radical (unpaired) electrons. The van der Waals surface area contributed by atoms with Crippen LogP contribution in [-0.2, 0) is 0 Å². The molecule has 5 rings (SSSR count). The molecule has 4 N–H and O–H groups in total. The first kappa shape index (κ1) is 19.4. The van der Waals surface area contributed by atoms with Gasteiger partial charge in [-0.05, 0) is 49.7 Å². The monoisotopic (exact) mass is 418 g/mol. The van der Waals surface area contributed by atoms with Crippen molar-refractivity contribution in [3.63, 3.8) is 0 Å². The molecule has 0 bridgehead atoms. The maximum absolute atomic E-state index is 13.3. The number of halogens is 1. The van der Waals surface area contributed by atoms with Gasteiger partial charge in [0.25, 0.3) is 11.7 Å². The standard InChI is InChI=1S/C22H20FN7O/c23-16-7-9-27-19(12-16)28-22(31)15-5-3-14(4-6-15)21-29-20(17-2-1-8-26-17)18-13-25-10-11-30(18,21)24/h3-7,9-13,17,26H,1-2,8,24H2/p+1. The molecule has 3 aliphatic heterocycles. The van der Waals surface area contributed by atoms with E-state index < -0.39 is 5.82 Å². The van der Waals surface area contributed by atoms with E-state index in [0.29, 0.717) is 11.4 Å². The Morgan fingerprint density at radius 2 is 2.10 bits per heavy atom. The van der Waals surface area contributed by atoms with Gasteiger partial charge in [-0.2, -0.15) is 10.8 Å². The van der Waals surface area contributed by atoms with Crippen LogP contribution in [-0.4, -0.2) is 40.1 Å². The molecule has 2 atom stereocenters. The summed E-state index contributed by atoms with van der Waals surface area (Å²) in [5.74, 6) is 6.71. The number of benzene rings is 1. The average Bonchev–Trinajstić information content (AvgIpc) is 3.39. The third kappa shape index (κ3) is 3.48.